The first kappa shape index (κ1) is 20.2. The summed E-state index contributed by atoms with van der Waals surface area (Å²) in [6, 6.07) is 13.7. The van der Waals surface area contributed by atoms with Crippen LogP contribution in [0.5, 0.6) is 0 Å². The van der Waals surface area contributed by atoms with Crippen LogP contribution in [0.1, 0.15) is 49.5 Å². The third-order valence-electron chi connectivity index (χ3n) is 6.14. The van der Waals surface area contributed by atoms with Crippen molar-refractivity contribution in [3.63, 3.8) is 0 Å². The molecule has 2 aromatic rings. The molecule has 1 saturated heterocycles. The Morgan fingerprint density at radius 1 is 1.07 bits per heavy atom. The second-order valence-electron chi connectivity index (χ2n) is 8.14. The number of carbonyl (C=O) groups is 1. The van der Waals surface area contributed by atoms with Gasteiger partial charge in [0.2, 0.25) is 0 Å². The summed E-state index contributed by atoms with van der Waals surface area (Å²) in [6.45, 7) is 0.271. The van der Waals surface area contributed by atoms with Crippen molar-refractivity contribution in [3.05, 3.63) is 60.1 Å². The highest BCUT2D eigenvalue weighted by molar-refractivity contribution is 7.91. The Kier molecular flexibility index (Phi) is 6.06. The van der Waals surface area contributed by atoms with E-state index in [1.165, 1.54) is 0 Å². The van der Waals surface area contributed by atoms with Crippen LogP contribution in [0.25, 0.3) is 0 Å². The van der Waals surface area contributed by atoms with Gasteiger partial charge >= 0.3 is 0 Å². The lowest BCUT2D eigenvalue weighted by molar-refractivity contribution is -0.679. The van der Waals surface area contributed by atoms with Crippen LogP contribution in [-0.4, -0.2) is 49.4 Å². The van der Waals surface area contributed by atoms with Crippen LogP contribution in [0.3, 0.4) is 0 Å². The smallest absolute Gasteiger partial charge is 0.278 e. The van der Waals surface area contributed by atoms with E-state index in [9.17, 15) is 13.2 Å². The van der Waals surface area contributed by atoms with E-state index in [1.54, 1.807) is 6.26 Å². The van der Waals surface area contributed by atoms with Crippen LogP contribution in [0.4, 0.5) is 0 Å². The molecule has 156 valence electrons. The van der Waals surface area contributed by atoms with Gasteiger partial charge in [-0.05, 0) is 31.4 Å². The zero-order valence-corrected chi connectivity index (χ0v) is 17.4. The summed E-state index contributed by atoms with van der Waals surface area (Å²) in [7, 11) is -3.03. The number of quaternary nitrogens is 1. The fourth-order valence-electron chi connectivity index (χ4n) is 4.75. The summed E-state index contributed by atoms with van der Waals surface area (Å²) in [4.78, 5) is 15.2. The molecule has 4 rings (SSSR count). The molecule has 2 N–H and O–H groups in total. The largest absolute Gasteiger partial charge is 0.463 e. The van der Waals surface area contributed by atoms with Gasteiger partial charge in [0.15, 0.2) is 28.2 Å². The molecule has 0 radical (unpaired) electrons. The lowest BCUT2D eigenvalue weighted by atomic mass is 10.0. The third kappa shape index (κ3) is 4.73. The molecule has 1 aliphatic carbocycles. The van der Waals surface area contributed by atoms with Gasteiger partial charge in [-0.1, -0.05) is 43.2 Å². The molecule has 2 fully saturated rings. The van der Waals surface area contributed by atoms with E-state index in [4.69, 9.17) is 4.42 Å². The number of hydrogen-bond donors (Lipinski definition) is 1. The molecular weight excluding hydrogens is 388 g/mol. The van der Waals surface area contributed by atoms with Crippen LogP contribution >= 0.6 is 0 Å². The molecule has 1 saturated carbocycles. The normalized spacial score (nSPS) is 22.6. The van der Waals surface area contributed by atoms with Crippen molar-refractivity contribution in [3.8, 4) is 0 Å². The highest BCUT2D eigenvalue weighted by atomic mass is 32.2. The van der Waals surface area contributed by atoms with Crippen LogP contribution in [0.15, 0.2) is 53.1 Å². The van der Waals surface area contributed by atoms with E-state index in [0.717, 1.165) is 37.0 Å². The molecule has 1 amide bonds. The zero-order valence-electron chi connectivity index (χ0n) is 16.6. The van der Waals surface area contributed by atoms with E-state index < -0.39 is 9.84 Å². The minimum Gasteiger partial charge on any atom is -0.463 e. The molecule has 0 spiro atoms. The number of furan rings is 1. The van der Waals surface area contributed by atoms with Crippen LogP contribution in [0, 0.1) is 0 Å². The van der Waals surface area contributed by atoms with E-state index in [0.29, 0.717) is 6.42 Å². The summed E-state index contributed by atoms with van der Waals surface area (Å²) < 4.78 is 29.7. The minimum absolute atomic E-state index is 0.0338. The van der Waals surface area contributed by atoms with Crippen molar-refractivity contribution < 1.29 is 22.9 Å². The molecule has 2 heterocycles. The van der Waals surface area contributed by atoms with Crippen LogP contribution < -0.4 is 5.32 Å². The molecule has 1 aliphatic heterocycles. The first-order valence-electron chi connectivity index (χ1n) is 10.5. The lowest BCUT2D eigenvalue weighted by Gasteiger charge is -2.33. The maximum Gasteiger partial charge on any atom is 0.278 e. The summed E-state index contributed by atoms with van der Waals surface area (Å²) >= 11 is 0. The summed E-state index contributed by atoms with van der Waals surface area (Å²) in [6.07, 6.45) is 6.37. The Morgan fingerprint density at radius 2 is 1.83 bits per heavy atom. The summed E-state index contributed by atoms with van der Waals surface area (Å²) in [5, 5.41) is 2.00. The second kappa shape index (κ2) is 8.71. The van der Waals surface area contributed by atoms with Gasteiger partial charge in [0, 0.05) is 17.6 Å². The molecule has 6 nitrogen and oxygen atoms in total. The average molecular weight is 418 g/mol. The standard InChI is InChI=1S/C22H28N2O4S/c25-21(24(18-9-4-5-10-18)19-12-14-29(26,27)16-19)15-23-22(20-11-6-13-28-20)17-7-2-1-3-8-17/h1-3,6-8,11,13,18-19,22-23H,4-5,9-10,12,14-16H2/p+1/t19-,22+/m0/s1. The lowest BCUT2D eigenvalue weighted by Crippen LogP contribution is -2.88. The van der Waals surface area contributed by atoms with Crippen LogP contribution in [-0.2, 0) is 14.6 Å². The maximum absolute atomic E-state index is 13.3. The number of nitrogens with two attached hydrogens (primary N) is 1. The molecule has 2 aliphatic rings. The number of amides is 1. The maximum atomic E-state index is 13.3. The van der Waals surface area contributed by atoms with Gasteiger partial charge in [-0.2, -0.15) is 0 Å². The molecule has 1 aromatic carbocycles. The van der Waals surface area contributed by atoms with Crippen molar-refractivity contribution in [2.45, 2.75) is 50.2 Å². The van der Waals surface area contributed by atoms with E-state index in [2.05, 4.69) is 0 Å². The SMILES string of the molecule is O=C(C[NH2+][C@H](c1ccccc1)c1ccco1)N(C1CCCC1)[C@H]1CCS(=O)(=O)C1. The van der Waals surface area contributed by atoms with E-state index >= 15 is 0 Å². The minimum atomic E-state index is -3.03. The Labute approximate surface area is 172 Å². The predicted molar refractivity (Wildman–Crippen MR) is 110 cm³/mol. The topological polar surface area (TPSA) is 84.2 Å². The van der Waals surface area contributed by atoms with Gasteiger partial charge in [0.05, 0.1) is 17.8 Å². The molecule has 2 atom stereocenters. The molecule has 7 heteroatoms. The van der Waals surface area contributed by atoms with Crippen molar-refractivity contribution in [1.29, 1.82) is 0 Å². The van der Waals surface area contributed by atoms with Crippen molar-refractivity contribution in [2.75, 3.05) is 18.1 Å². The third-order valence-corrected chi connectivity index (χ3v) is 7.89. The van der Waals surface area contributed by atoms with Gasteiger partial charge in [0.1, 0.15) is 0 Å². The highest BCUT2D eigenvalue weighted by Crippen LogP contribution is 2.29. The Hall–Kier alpha value is -2.12. The summed E-state index contributed by atoms with van der Waals surface area (Å²) in [5.41, 5.74) is 1.08. The Bertz CT molecular complexity index is 906. The van der Waals surface area contributed by atoms with E-state index in [-0.39, 0.29) is 42.1 Å². The monoisotopic (exact) mass is 417 g/mol. The fraction of sp³-hybridized carbons (Fsp3) is 0.500. The van der Waals surface area contributed by atoms with Gasteiger partial charge < -0.3 is 14.6 Å². The number of benzene rings is 1. The van der Waals surface area contributed by atoms with Crippen LogP contribution in [0.2, 0.25) is 0 Å². The second-order valence-corrected chi connectivity index (χ2v) is 10.4. The number of carbonyl (C=O) groups excluding carboxylic acids is 1. The number of nitrogens with zero attached hydrogens (tertiary/aromatic N) is 1. The van der Waals surface area contributed by atoms with Gasteiger partial charge in [-0.3, -0.25) is 4.79 Å². The predicted octanol–water partition coefficient (Wildman–Crippen LogP) is 1.89. The van der Waals surface area contributed by atoms with Crippen molar-refractivity contribution in [1.82, 2.24) is 4.90 Å². The van der Waals surface area contributed by atoms with Crippen molar-refractivity contribution >= 4 is 15.7 Å². The molecular formula is C22H29N2O4S+. The van der Waals surface area contributed by atoms with Gasteiger partial charge in [0.25, 0.3) is 5.91 Å². The van der Waals surface area contributed by atoms with Gasteiger partial charge in [-0.25, -0.2) is 8.42 Å². The molecule has 1 aromatic heterocycles. The average Bonchev–Trinajstić information content (AvgIpc) is 3.46. The van der Waals surface area contributed by atoms with Gasteiger partial charge in [-0.15, -0.1) is 0 Å². The Balaban J connectivity index is 1.50. The number of rotatable bonds is 7. The Morgan fingerprint density at radius 3 is 2.45 bits per heavy atom. The molecule has 0 bridgehead atoms. The number of sulfone groups is 1. The van der Waals surface area contributed by atoms with Crippen molar-refractivity contribution in [2.24, 2.45) is 0 Å². The highest BCUT2D eigenvalue weighted by Gasteiger charge is 2.39. The zero-order chi connectivity index (χ0) is 20.3. The number of hydrogen-bond acceptors (Lipinski definition) is 4. The molecule has 0 unspecified atom stereocenters. The fourth-order valence-corrected chi connectivity index (χ4v) is 6.46. The molecule has 29 heavy (non-hydrogen) atoms. The van der Waals surface area contributed by atoms with E-state index in [1.807, 2.05) is 52.7 Å². The first-order chi connectivity index (χ1) is 14.0. The quantitative estimate of drug-likeness (QED) is 0.746. The first-order valence-corrected chi connectivity index (χ1v) is 12.3. The summed E-state index contributed by atoms with van der Waals surface area (Å²) in [5.74, 6) is 1.14.